The van der Waals surface area contributed by atoms with Crippen molar-refractivity contribution in [1.82, 2.24) is 0 Å². The zero-order valence-corrected chi connectivity index (χ0v) is 13.9. The van der Waals surface area contributed by atoms with Crippen molar-refractivity contribution in [1.29, 1.82) is 0 Å². The van der Waals surface area contributed by atoms with Gasteiger partial charge in [0.1, 0.15) is 5.69 Å². The maximum atomic E-state index is 13.9. The van der Waals surface area contributed by atoms with Crippen LogP contribution in [-0.4, -0.2) is 26.5 Å². The van der Waals surface area contributed by atoms with Crippen LogP contribution in [-0.2, 0) is 11.0 Å². The minimum atomic E-state index is -4.50. The fourth-order valence-electron chi connectivity index (χ4n) is 2.26. The number of carbonyl (C=O) groups is 1. The molecule has 0 saturated carbocycles. The molecule has 2 aromatic carbocycles. The summed E-state index contributed by atoms with van der Waals surface area (Å²) < 4.78 is 65.6. The third kappa shape index (κ3) is 4.84. The van der Waals surface area contributed by atoms with E-state index in [2.05, 4.69) is 10.6 Å². The molecule has 0 aliphatic heterocycles. The summed E-state index contributed by atoms with van der Waals surface area (Å²) in [6.07, 6.45) is -4.50. The van der Waals surface area contributed by atoms with Crippen molar-refractivity contribution in [3.63, 3.8) is 0 Å². The third-order valence-corrected chi connectivity index (χ3v) is 3.39. The molecule has 9 heteroatoms. The Morgan fingerprint density at radius 3 is 2.19 bits per heavy atom. The number of anilines is 3. The first-order chi connectivity index (χ1) is 12.1. The van der Waals surface area contributed by atoms with Gasteiger partial charge in [-0.15, -0.1) is 0 Å². The van der Waals surface area contributed by atoms with Crippen molar-refractivity contribution in [2.45, 2.75) is 6.18 Å². The average molecular weight is 373 g/mol. The largest absolute Gasteiger partial charge is 0.416 e. The van der Waals surface area contributed by atoms with Gasteiger partial charge in [0.05, 0.1) is 12.1 Å². The molecule has 0 radical (unpaired) electrons. The van der Waals surface area contributed by atoms with Crippen molar-refractivity contribution in [3.05, 3.63) is 53.6 Å². The molecule has 140 valence electrons. The van der Waals surface area contributed by atoms with Crippen molar-refractivity contribution in [3.8, 4) is 0 Å². The number of benzene rings is 2. The Balaban J connectivity index is 2.02. The van der Waals surface area contributed by atoms with Crippen molar-refractivity contribution < 1.29 is 26.7 Å². The summed E-state index contributed by atoms with van der Waals surface area (Å²) in [5, 5.41) is 4.81. The highest BCUT2D eigenvalue weighted by Crippen LogP contribution is 2.30. The van der Waals surface area contributed by atoms with Crippen molar-refractivity contribution in [2.75, 3.05) is 36.2 Å². The number of hydrogen-bond acceptors (Lipinski definition) is 3. The van der Waals surface area contributed by atoms with Gasteiger partial charge in [0.25, 0.3) is 0 Å². The Kier molecular flexibility index (Phi) is 5.69. The lowest BCUT2D eigenvalue weighted by Crippen LogP contribution is -2.22. The highest BCUT2D eigenvalue weighted by atomic mass is 19.4. The predicted octanol–water partition coefficient (Wildman–Crippen LogP) is 4.10. The lowest BCUT2D eigenvalue weighted by Gasteiger charge is -2.16. The minimum absolute atomic E-state index is 0.0929. The molecule has 4 nitrogen and oxygen atoms in total. The molecule has 2 rings (SSSR count). The summed E-state index contributed by atoms with van der Waals surface area (Å²) in [5.41, 5.74) is -1.10. The van der Waals surface area contributed by atoms with E-state index in [0.29, 0.717) is 0 Å². The van der Waals surface area contributed by atoms with Crippen LogP contribution in [0.5, 0.6) is 0 Å². The molecule has 0 aliphatic rings. The molecule has 0 aromatic heterocycles. The number of alkyl halides is 3. The second kappa shape index (κ2) is 7.59. The van der Waals surface area contributed by atoms with Gasteiger partial charge in [0.15, 0.2) is 11.6 Å². The van der Waals surface area contributed by atoms with Crippen LogP contribution in [0.3, 0.4) is 0 Å². The molecule has 0 atom stereocenters. The van der Waals surface area contributed by atoms with Crippen LogP contribution in [0.4, 0.5) is 39.0 Å². The van der Waals surface area contributed by atoms with Gasteiger partial charge in [-0.3, -0.25) is 4.79 Å². The van der Waals surface area contributed by atoms with Crippen LogP contribution in [0.15, 0.2) is 36.4 Å². The maximum Gasteiger partial charge on any atom is 0.416 e. The first-order valence-electron chi connectivity index (χ1n) is 7.45. The number of hydrogen-bond donors (Lipinski definition) is 2. The fourth-order valence-corrected chi connectivity index (χ4v) is 2.26. The number of nitrogens with zero attached hydrogens (tertiary/aromatic N) is 1. The Morgan fingerprint density at radius 2 is 1.65 bits per heavy atom. The first-order valence-corrected chi connectivity index (χ1v) is 7.45. The Labute approximate surface area is 146 Å². The zero-order valence-electron chi connectivity index (χ0n) is 13.9. The van der Waals surface area contributed by atoms with E-state index in [1.807, 2.05) is 0 Å². The predicted molar refractivity (Wildman–Crippen MR) is 89.2 cm³/mol. The molecule has 0 heterocycles. The van der Waals surface area contributed by atoms with E-state index in [9.17, 15) is 26.7 Å². The number of amides is 1. The molecule has 0 unspecified atom stereocenters. The molecule has 1 amide bonds. The lowest BCUT2D eigenvalue weighted by molar-refractivity contribution is -0.137. The highest BCUT2D eigenvalue weighted by Gasteiger charge is 2.30. The molecular weight excluding hydrogens is 357 g/mol. The Bertz CT molecular complexity index is 782. The Hall–Kier alpha value is -2.84. The molecule has 2 N–H and O–H groups in total. The summed E-state index contributed by atoms with van der Waals surface area (Å²) in [7, 11) is 2.94. The monoisotopic (exact) mass is 373 g/mol. The zero-order chi connectivity index (χ0) is 19.5. The van der Waals surface area contributed by atoms with Crippen molar-refractivity contribution in [2.24, 2.45) is 0 Å². The van der Waals surface area contributed by atoms with Gasteiger partial charge in [-0.05, 0) is 30.3 Å². The SMILES string of the molecule is CN(C)c1c(F)cc(NC(=O)CNc2cccc(C(F)(F)F)c2)cc1F. The first kappa shape index (κ1) is 19.5. The van der Waals surface area contributed by atoms with Crippen LogP contribution in [0.1, 0.15) is 5.56 Å². The van der Waals surface area contributed by atoms with Crippen LogP contribution in [0.25, 0.3) is 0 Å². The van der Waals surface area contributed by atoms with E-state index in [4.69, 9.17) is 0 Å². The summed E-state index contributed by atoms with van der Waals surface area (Å²) in [6.45, 7) is -0.375. The minimum Gasteiger partial charge on any atom is -0.376 e. The molecule has 26 heavy (non-hydrogen) atoms. The summed E-state index contributed by atoms with van der Waals surface area (Å²) in [5.74, 6) is -2.37. The van der Waals surface area contributed by atoms with Crippen molar-refractivity contribution >= 4 is 23.0 Å². The van der Waals surface area contributed by atoms with Crippen LogP contribution >= 0.6 is 0 Å². The summed E-state index contributed by atoms with van der Waals surface area (Å²) in [6, 6.07) is 6.25. The fraction of sp³-hybridized carbons (Fsp3) is 0.235. The molecule has 0 bridgehead atoms. The molecule has 2 aromatic rings. The highest BCUT2D eigenvalue weighted by molar-refractivity contribution is 5.94. The number of rotatable bonds is 5. The maximum absolute atomic E-state index is 13.9. The van der Waals surface area contributed by atoms with E-state index >= 15 is 0 Å². The summed E-state index contributed by atoms with van der Waals surface area (Å²) >= 11 is 0. The number of nitrogens with one attached hydrogen (secondary N) is 2. The van der Waals surface area contributed by atoms with E-state index < -0.39 is 29.3 Å². The Morgan fingerprint density at radius 1 is 1.04 bits per heavy atom. The van der Waals surface area contributed by atoms with Crippen LogP contribution < -0.4 is 15.5 Å². The van der Waals surface area contributed by atoms with Gasteiger partial charge in [-0.1, -0.05) is 6.07 Å². The van der Waals surface area contributed by atoms with Gasteiger partial charge in [-0.25, -0.2) is 8.78 Å². The van der Waals surface area contributed by atoms with E-state index in [1.54, 1.807) is 0 Å². The van der Waals surface area contributed by atoms with E-state index in [1.165, 1.54) is 31.1 Å². The smallest absolute Gasteiger partial charge is 0.376 e. The normalized spacial score (nSPS) is 11.2. The average Bonchev–Trinajstić information content (AvgIpc) is 2.51. The quantitative estimate of drug-likeness (QED) is 0.776. The van der Waals surface area contributed by atoms with Gasteiger partial charge in [-0.2, -0.15) is 13.2 Å². The molecule has 0 saturated heterocycles. The summed E-state index contributed by atoms with van der Waals surface area (Å²) in [4.78, 5) is 13.1. The van der Waals surface area contributed by atoms with Gasteiger partial charge in [0, 0.05) is 25.5 Å². The standard InChI is InChI=1S/C17H16F5N3O/c1-25(2)16-13(18)7-12(8-14(16)19)24-15(26)9-23-11-5-3-4-10(6-11)17(20,21)22/h3-8,23H,9H2,1-2H3,(H,24,26). The molecular formula is C17H16F5N3O. The van der Waals surface area contributed by atoms with Gasteiger partial charge in [0.2, 0.25) is 5.91 Å². The number of carbonyl (C=O) groups excluding carboxylic acids is 1. The van der Waals surface area contributed by atoms with E-state index in [0.717, 1.165) is 24.3 Å². The van der Waals surface area contributed by atoms with Gasteiger partial charge < -0.3 is 15.5 Å². The molecule has 0 fully saturated rings. The third-order valence-electron chi connectivity index (χ3n) is 3.39. The topological polar surface area (TPSA) is 44.4 Å². The van der Waals surface area contributed by atoms with Crippen LogP contribution in [0, 0.1) is 11.6 Å². The van der Waals surface area contributed by atoms with E-state index in [-0.39, 0.29) is 23.6 Å². The molecule has 0 spiro atoms. The molecule has 0 aliphatic carbocycles. The van der Waals surface area contributed by atoms with Gasteiger partial charge >= 0.3 is 6.18 Å². The second-order valence-corrected chi connectivity index (χ2v) is 5.66. The van der Waals surface area contributed by atoms with Crippen LogP contribution in [0.2, 0.25) is 0 Å². The number of halogens is 5. The lowest BCUT2D eigenvalue weighted by atomic mass is 10.2. The second-order valence-electron chi connectivity index (χ2n) is 5.66.